The fraction of sp³-hybridized carbons (Fsp3) is 0.462. The van der Waals surface area contributed by atoms with E-state index in [9.17, 15) is 4.79 Å². The number of hydrogen-bond donors (Lipinski definition) is 1. The minimum atomic E-state index is -0.361. The molecule has 0 spiro atoms. The van der Waals surface area contributed by atoms with E-state index in [4.69, 9.17) is 16.3 Å². The first-order valence-electron chi connectivity index (χ1n) is 5.63. The third-order valence-electron chi connectivity index (χ3n) is 2.40. The molecular formula is C13H18ClNO2. The molecule has 0 fully saturated rings. The summed E-state index contributed by atoms with van der Waals surface area (Å²) in [6.45, 7) is 4.12. The second kappa shape index (κ2) is 6.50. The van der Waals surface area contributed by atoms with Gasteiger partial charge in [-0.05, 0) is 24.5 Å². The monoisotopic (exact) mass is 255 g/mol. The standard InChI is InChI=1S/C13H18ClNO2/c1-9(2)8-12(13(16)17-3)15-11-7-5-4-6-10(11)14/h4-7,9,12,15H,8H2,1-3H3. The van der Waals surface area contributed by atoms with Gasteiger partial charge in [0.15, 0.2) is 0 Å². The number of anilines is 1. The number of nitrogens with one attached hydrogen (secondary N) is 1. The molecule has 0 amide bonds. The van der Waals surface area contributed by atoms with Crippen LogP contribution in [-0.4, -0.2) is 19.1 Å². The normalized spacial score (nSPS) is 12.3. The lowest BCUT2D eigenvalue weighted by atomic mass is 10.0. The Balaban J connectivity index is 2.79. The minimum absolute atomic E-state index is 0.265. The van der Waals surface area contributed by atoms with Crippen molar-refractivity contribution in [2.45, 2.75) is 26.3 Å². The molecule has 0 saturated heterocycles. The number of carbonyl (C=O) groups excluding carboxylic acids is 1. The molecule has 1 aromatic carbocycles. The number of hydrogen-bond acceptors (Lipinski definition) is 3. The van der Waals surface area contributed by atoms with Crippen LogP contribution >= 0.6 is 11.6 Å². The molecule has 0 heterocycles. The van der Waals surface area contributed by atoms with Crippen molar-refractivity contribution in [2.75, 3.05) is 12.4 Å². The molecule has 1 atom stereocenters. The fourth-order valence-corrected chi connectivity index (χ4v) is 1.78. The second-order valence-electron chi connectivity index (χ2n) is 4.33. The van der Waals surface area contributed by atoms with Gasteiger partial charge in [0.1, 0.15) is 6.04 Å². The highest BCUT2D eigenvalue weighted by Gasteiger charge is 2.20. The maximum Gasteiger partial charge on any atom is 0.328 e. The summed E-state index contributed by atoms with van der Waals surface area (Å²) in [6, 6.07) is 6.99. The van der Waals surface area contributed by atoms with Gasteiger partial charge in [0.05, 0.1) is 17.8 Å². The van der Waals surface area contributed by atoms with E-state index < -0.39 is 0 Å². The van der Waals surface area contributed by atoms with E-state index >= 15 is 0 Å². The van der Waals surface area contributed by atoms with Crippen molar-refractivity contribution in [3.63, 3.8) is 0 Å². The van der Waals surface area contributed by atoms with Gasteiger partial charge >= 0.3 is 5.97 Å². The Morgan fingerprint density at radius 3 is 2.59 bits per heavy atom. The molecular weight excluding hydrogens is 238 g/mol. The van der Waals surface area contributed by atoms with E-state index in [1.54, 1.807) is 6.07 Å². The Labute approximate surface area is 107 Å². The van der Waals surface area contributed by atoms with Crippen LogP contribution in [0.1, 0.15) is 20.3 Å². The van der Waals surface area contributed by atoms with Crippen molar-refractivity contribution in [3.8, 4) is 0 Å². The Bertz CT molecular complexity index is 379. The van der Waals surface area contributed by atoms with Crippen molar-refractivity contribution < 1.29 is 9.53 Å². The second-order valence-corrected chi connectivity index (χ2v) is 4.74. The predicted octanol–water partition coefficient (Wildman–Crippen LogP) is 3.34. The predicted molar refractivity (Wildman–Crippen MR) is 70.3 cm³/mol. The van der Waals surface area contributed by atoms with Crippen molar-refractivity contribution in [1.82, 2.24) is 0 Å². The van der Waals surface area contributed by atoms with E-state index in [0.29, 0.717) is 17.4 Å². The maximum absolute atomic E-state index is 11.6. The van der Waals surface area contributed by atoms with Crippen molar-refractivity contribution >= 4 is 23.3 Å². The number of para-hydroxylation sites is 1. The van der Waals surface area contributed by atoms with Crippen LogP contribution < -0.4 is 5.32 Å². The molecule has 0 saturated carbocycles. The van der Waals surface area contributed by atoms with E-state index in [0.717, 1.165) is 5.69 Å². The van der Waals surface area contributed by atoms with E-state index in [-0.39, 0.29) is 12.0 Å². The average Bonchev–Trinajstić information content (AvgIpc) is 2.29. The SMILES string of the molecule is COC(=O)C(CC(C)C)Nc1ccccc1Cl. The summed E-state index contributed by atoms with van der Waals surface area (Å²) in [5.41, 5.74) is 0.755. The highest BCUT2D eigenvalue weighted by molar-refractivity contribution is 6.33. The zero-order valence-electron chi connectivity index (χ0n) is 10.4. The molecule has 4 heteroatoms. The summed E-state index contributed by atoms with van der Waals surface area (Å²) in [7, 11) is 1.39. The van der Waals surface area contributed by atoms with Gasteiger partial charge in [-0.1, -0.05) is 37.6 Å². The number of benzene rings is 1. The largest absolute Gasteiger partial charge is 0.467 e. The van der Waals surface area contributed by atoms with Crippen LogP contribution in [0.25, 0.3) is 0 Å². The molecule has 0 radical (unpaired) electrons. The summed E-state index contributed by atoms with van der Waals surface area (Å²) in [4.78, 5) is 11.6. The summed E-state index contributed by atoms with van der Waals surface area (Å²) in [6.07, 6.45) is 0.706. The highest BCUT2D eigenvalue weighted by atomic mass is 35.5. The molecule has 3 nitrogen and oxygen atoms in total. The van der Waals surface area contributed by atoms with Gasteiger partial charge in [-0.25, -0.2) is 4.79 Å². The number of esters is 1. The third-order valence-corrected chi connectivity index (χ3v) is 2.73. The van der Waals surface area contributed by atoms with E-state index in [1.165, 1.54) is 7.11 Å². The minimum Gasteiger partial charge on any atom is -0.467 e. The van der Waals surface area contributed by atoms with Gasteiger partial charge in [-0.3, -0.25) is 0 Å². The van der Waals surface area contributed by atoms with Crippen LogP contribution in [0.2, 0.25) is 5.02 Å². The van der Waals surface area contributed by atoms with Crippen molar-refractivity contribution in [1.29, 1.82) is 0 Å². The first-order valence-corrected chi connectivity index (χ1v) is 6.01. The lowest BCUT2D eigenvalue weighted by Crippen LogP contribution is -2.32. The van der Waals surface area contributed by atoms with Gasteiger partial charge < -0.3 is 10.1 Å². The van der Waals surface area contributed by atoms with Crippen LogP contribution in [0.15, 0.2) is 24.3 Å². The zero-order valence-corrected chi connectivity index (χ0v) is 11.1. The Morgan fingerprint density at radius 1 is 1.41 bits per heavy atom. The van der Waals surface area contributed by atoms with Crippen LogP contribution in [0.3, 0.4) is 0 Å². The van der Waals surface area contributed by atoms with Crippen molar-refractivity contribution in [3.05, 3.63) is 29.3 Å². The molecule has 1 unspecified atom stereocenters. The molecule has 0 aromatic heterocycles. The van der Waals surface area contributed by atoms with Crippen LogP contribution in [0, 0.1) is 5.92 Å². The molecule has 1 N–H and O–H groups in total. The highest BCUT2D eigenvalue weighted by Crippen LogP contribution is 2.23. The summed E-state index contributed by atoms with van der Waals surface area (Å²) >= 11 is 6.04. The van der Waals surface area contributed by atoms with Gasteiger partial charge in [0, 0.05) is 0 Å². The smallest absolute Gasteiger partial charge is 0.328 e. The first-order chi connectivity index (χ1) is 8.04. The van der Waals surface area contributed by atoms with Gasteiger partial charge in [-0.2, -0.15) is 0 Å². The Morgan fingerprint density at radius 2 is 2.06 bits per heavy atom. The molecule has 0 bridgehead atoms. The first kappa shape index (κ1) is 13.8. The van der Waals surface area contributed by atoms with Gasteiger partial charge in [0.2, 0.25) is 0 Å². The molecule has 0 aliphatic rings. The molecule has 94 valence electrons. The van der Waals surface area contributed by atoms with Crippen molar-refractivity contribution in [2.24, 2.45) is 5.92 Å². The quantitative estimate of drug-likeness (QED) is 0.820. The molecule has 1 rings (SSSR count). The Hall–Kier alpha value is -1.22. The zero-order chi connectivity index (χ0) is 12.8. The van der Waals surface area contributed by atoms with E-state index in [2.05, 4.69) is 19.2 Å². The molecule has 17 heavy (non-hydrogen) atoms. The number of halogens is 1. The van der Waals surface area contributed by atoms with Crippen LogP contribution in [-0.2, 0) is 9.53 Å². The third kappa shape index (κ3) is 4.27. The summed E-state index contributed by atoms with van der Waals surface area (Å²) < 4.78 is 4.78. The lowest BCUT2D eigenvalue weighted by molar-refractivity contribution is -0.141. The van der Waals surface area contributed by atoms with Crippen LogP contribution in [0.5, 0.6) is 0 Å². The summed E-state index contributed by atoms with van der Waals surface area (Å²) in [5.74, 6) is 0.132. The fourth-order valence-electron chi connectivity index (χ4n) is 1.59. The van der Waals surface area contributed by atoms with Crippen LogP contribution in [0.4, 0.5) is 5.69 Å². The molecule has 0 aliphatic carbocycles. The summed E-state index contributed by atoms with van der Waals surface area (Å²) in [5, 5.41) is 3.72. The van der Waals surface area contributed by atoms with Gasteiger partial charge in [0.25, 0.3) is 0 Å². The number of rotatable bonds is 5. The number of methoxy groups -OCH3 is 1. The Kier molecular flexibility index (Phi) is 5.29. The lowest BCUT2D eigenvalue weighted by Gasteiger charge is -2.20. The maximum atomic E-state index is 11.6. The van der Waals surface area contributed by atoms with Gasteiger partial charge in [-0.15, -0.1) is 0 Å². The van der Waals surface area contributed by atoms with E-state index in [1.807, 2.05) is 18.2 Å². The molecule has 1 aromatic rings. The number of carbonyl (C=O) groups is 1. The topological polar surface area (TPSA) is 38.3 Å². The molecule has 0 aliphatic heterocycles. The number of ether oxygens (including phenoxy) is 1. The average molecular weight is 256 g/mol.